The molecule has 0 amide bonds. The predicted octanol–water partition coefficient (Wildman–Crippen LogP) is 2.35. The van der Waals surface area contributed by atoms with Gasteiger partial charge >= 0.3 is 0 Å². The van der Waals surface area contributed by atoms with Crippen LogP contribution in [0.25, 0.3) is 22.3 Å². The van der Waals surface area contributed by atoms with Crippen molar-refractivity contribution in [2.45, 2.75) is 19.8 Å². The van der Waals surface area contributed by atoms with Gasteiger partial charge in [0.15, 0.2) is 5.65 Å². The summed E-state index contributed by atoms with van der Waals surface area (Å²) in [4.78, 5) is 23.8. The number of anilines is 2. The largest absolute Gasteiger partial charge is 0.318 e. The van der Waals surface area contributed by atoms with Gasteiger partial charge in [-0.3, -0.25) is 14.2 Å². The van der Waals surface area contributed by atoms with Crippen molar-refractivity contribution in [2.24, 2.45) is 21.1 Å². The molecule has 0 spiro atoms. The van der Waals surface area contributed by atoms with E-state index in [0.717, 1.165) is 22.4 Å². The van der Waals surface area contributed by atoms with E-state index in [-0.39, 0.29) is 11.5 Å². The highest BCUT2D eigenvalue weighted by Crippen LogP contribution is 2.36. The van der Waals surface area contributed by atoms with Crippen molar-refractivity contribution >= 4 is 22.7 Å². The third kappa shape index (κ3) is 3.08. The molecule has 0 fully saturated rings. The van der Waals surface area contributed by atoms with E-state index in [0.29, 0.717) is 17.2 Å². The maximum Gasteiger partial charge on any atom is 0.259 e. The molecular formula is C20H24N8O. The molecule has 0 unspecified atom stereocenters. The maximum atomic E-state index is 12.7. The van der Waals surface area contributed by atoms with Crippen molar-refractivity contribution in [3.63, 3.8) is 0 Å². The number of rotatable bonds is 4. The van der Waals surface area contributed by atoms with E-state index in [9.17, 15) is 4.79 Å². The molecule has 4 heterocycles. The van der Waals surface area contributed by atoms with Gasteiger partial charge in [0.1, 0.15) is 6.33 Å². The zero-order valence-electron chi connectivity index (χ0n) is 17.5. The van der Waals surface area contributed by atoms with E-state index < -0.39 is 0 Å². The topological polar surface area (TPSA) is 86.7 Å². The van der Waals surface area contributed by atoms with Gasteiger partial charge in [-0.05, 0) is 24.1 Å². The summed E-state index contributed by atoms with van der Waals surface area (Å²) in [5.41, 5.74) is 3.55. The van der Waals surface area contributed by atoms with Crippen LogP contribution in [0.3, 0.4) is 0 Å². The standard InChI is InChI=1S/C20H24N8O/c1-12(2)17-16-15(27(5)20-21-11-26(4)24-20)10-14(22-18(16)28(6)23-17)13-8-7-9-25(3)19(13)29/h7-12H,1-6H3. The lowest BCUT2D eigenvalue weighted by Crippen LogP contribution is -2.18. The molecule has 0 radical (unpaired) electrons. The lowest BCUT2D eigenvalue weighted by atomic mass is 10.0. The summed E-state index contributed by atoms with van der Waals surface area (Å²) in [6.45, 7) is 4.21. The molecule has 0 saturated carbocycles. The highest BCUT2D eigenvalue weighted by atomic mass is 16.1. The molecule has 0 atom stereocenters. The van der Waals surface area contributed by atoms with E-state index in [4.69, 9.17) is 10.1 Å². The van der Waals surface area contributed by atoms with Crippen LogP contribution in [0.15, 0.2) is 35.5 Å². The highest BCUT2D eigenvalue weighted by Gasteiger charge is 2.23. The highest BCUT2D eigenvalue weighted by molar-refractivity contribution is 5.96. The first kappa shape index (κ1) is 18.9. The minimum atomic E-state index is -0.102. The van der Waals surface area contributed by atoms with Crippen LogP contribution in [0.5, 0.6) is 0 Å². The van der Waals surface area contributed by atoms with Crippen LogP contribution in [0, 0.1) is 0 Å². The first-order valence-electron chi connectivity index (χ1n) is 9.41. The third-order valence-electron chi connectivity index (χ3n) is 4.99. The van der Waals surface area contributed by atoms with Crippen LogP contribution in [0.2, 0.25) is 0 Å². The molecule has 4 aromatic heterocycles. The summed E-state index contributed by atoms with van der Waals surface area (Å²) in [7, 11) is 7.34. The number of aromatic nitrogens is 7. The zero-order chi connectivity index (χ0) is 20.9. The van der Waals surface area contributed by atoms with E-state index in [1.165, 1.54) is 0 Å². The van der Waals surface area contributed by atoms with Gasteiger partial charge in [0, 0.05) is 34.4 Å². The van der Waals surface area contributed by atoms with Gasteiger partial charge in [-0.15, -0.1) is 5.10 Å². The van der Waals surface area contributed by atoms with Gasteiger partial charge in [0.05, 0.1) is 28.0 Å². The second-order valence-corrected chi connectivity index (χ2v) is 7.50. The minimum Gasteiger partial charge on any atom is -0.318 e. The minimum absolute atomic E-state index is 0.102. The number of hydrogen-bond acceptors (Lipinski definition) is 6. The molecule has 4 aromatic rings. The van der Waals surface area contributed by atoms with Crippen LogP contribution in [0.4, 0.5) is 11.6 Å². The van der Waals surface area contributed by atoms with E-state index in [1.807, 2.05) is 38.2 Å². The summed E-state index contributed by atoms with van der Waals surface area (Å²) in [6, 6.07) is 5.55. The van der Waals surface area contributed by atoms with Crippen molar-refractivity contribution in [3.8, 4) is 11.3 Å². The Morgan fingerprint density at radius 2 is 1.90 bits per heavy atom. The molecular weight excluding hydrogens is 368 g/mol. The Labute approximate surface area is 168 Å². The lowest BCUT2D eigenvalue weighted by molar-refractivity contribution is 0.724. The zero-order valence-corrected chi connectivity index (χ0v) is 17.5. The predicted molar refractivity (Wildman–Crippen MR) is 112 cm³/mol. The molecule has 0 aromatic carbocycles. The number of pyridine rings is 2. The number of aryl methyl sites for hydroxylation is 3. The molecule has 0 aliphatic heterocycles. The van der Waals surface area contributed by atoms with Gasteiger partial charge < -0.3 is 9.47 Å². The van der Waals surface area contributed by atoms with E-state index in [1.54, 1.807) is 39.6 Å². The Morgan fingerprint density at radius 1 is 1.14 bits per heavy atom. The van der Waals surface area contributed by atoms with E-state index in [2.05, 4.69) is 23.9 Å². The Balaban J connectivity index is 2.05. The molecule has 29 heavy (non-hydrogen) atoms. The Kier molecular flexibility index (Phi) is 4.45. The van der Waals surface area contributed by atoms with Crippen molar-refractivity contribution in [2.75, 3.05) is 11.9 Å². The Bertz CT molecular complexity index is 1260. The van der Waals surface area contributed by atoms with E-state index >= 15 is 0 Å². The van der Waals surface area contributed by atoms with Crippen molar-refractivity contribution < 1.29 is 0 Å². The lowest BCUT2D eigenvalue weighted by Gasteiger charge is -2.18. The van der Waals surface area contributed by atoms with Crippen LogP contribution >= 0.6 is 0 Å². The van der Waals surface area contributed by atoms with Crippen molar-refractivity contribution in [1.82, 2.24) is 34.1 Å². The molecule has 150 valence electrons. The molecule has 9 heteroatoms. The quantitative estimate of drug-likeness (QED) is 0.530. The summed E-state index contributed by atoms with van der Waals surface area (Å²) < 4.78 is 4.98. The second kappa shape index (κ2) is 6.84. The molecule has 4 rings (SSSR count). The van der Waals surface area contributed by atoms with Gasteiger partial charge in [0.2, 0.25) is 5.95 Å². The van der Waals surface area contributed by atoms with Gasteiger partial charge in [0.25, 0.3) is 5.56 Å². The smallest absolute Gasteiger partial charge is 0.259 e. The average molecular weight is 392 g/mol. The fraction of sp³-hybridized carbons (Fsp3) is 0.350. The molecule has 0 aliphatic rings. The van der Waals surface area contributed by atoms with Crippen LogP contribution in [-0.4, -0.2) is 41.1 Å². The van der Waals surface area contributed by atoms with Gasteiger partial charge in [-0.2, -0.15) is 5.10 Å². The van der Waals surface area contributed by atoms with Gasteiger partial charge in [-0.25, -0.2) is 9.97 Å². The summed E-state index contributed by atoms with van der Waals surface area (Å²) in [5.74, 6) is 0.769. The molecule has 0 bridgehead atoms. The Morgan fingerprint density at radius 3 is 2.55 bits per heavy atom. The molecule has 9 nitrogen and oxygen atoms in total. The average Bonchev–Trinajstić information content (AvgIpc) is 3.26. The summed E-state index contributed by atoms with van der Waals surface area (Å²) in [5, 5.41) is 10.1. The Hall–Kier alpha value is -3.49. The fourth-order valence-corrected chi connectivity index (χ4v) is 3.45. The van der Waals surface area contributed by atoms with Crippen molar-refractivity contribution in [1.29, 1.82) is 0 Å². The van der Waals surface area contributed by atoms with Crippen LogP contribution < -0.4 is 10.5 Å². The van der Waals surface area contributed by atoms with Crippen LogP contribution in [0.1, 0.15) is 25.5 Å². The first-order valence-corrected chi connectivity index (χ1v) is 9.41. The number of fused-ring (bicyclic) bond motifs is 1. The van der Waals surface area contributed by atoms with Gasteiger partial charge in [-0.1, -0.05) is 13.8 Å². The maximum absolute atomic E-state index is 12.7. The monoisotopic (exact) mass is 392 g/mol. The normalized spacial score (nSPS) is 11.6. The van der Waals surface area contributed by atoms with Crippen LogP contribution in [-0.2, 0) is 21.1 Å². The van der Waals surface area contributed by atoms with Crippen molar-refractivity contribution in [3.05, 3.63) is 46.8 Å². The molecule has 0 N–H and O–H groups in total. The summed E-state index contributed by atoms with van der Waals surface area (Å²) in [6.07, 6.45) is 3.39. The second-order valence-electron chi connectivity index (χ2n) is 7.50. The number of nitrogens with zero attached hydrogens (tertiary/aromatic N) is 8. The fourth-order valence-electron chi connectivity index (χ4n) is 3.45. The summed E-state index contributed by atoms with van der Waals surface area (Å²) >= 11 is 0. The molecule has 0 aliphatic carbocycles. The number of hydrogen-bond donors (Lipinski definition) is 0. The third-order valence-corrected chi connectivity index (χ3v) is 4.99. The molecule has 0 saturated heterocycles. The SMILES string of the molecule is CC(C)c1nn(C)c2nc(-c3cccn(C)c3=O)cc(N(C)c3ncn(C)n3)c12. The first-order chi connectivity index (χ1) is 13.8.